The zero-order valence-corrected chi connectivity index (χ0v) is 8.17. The van der Waals surface area contributed by atoms with Gasteiger partial charge in [0.1, 0.15) is 5.76 Å². The lowest BCUT2D eigenvalue weighted by Crippen LogP contribution is -2.02. The van der Waals surface area contributed by atoms with E-state index in [-0.39, 0.29) is 12.3 Å². The largest absolute Gasteiger partial charge is 0.481 e. The molecule has 0 aliphatic heterocycles. The van der Waals surface area contributed by atoms with Crippen molar-refractivity contribution in [1.29, 1.82) is 0 Å². The van der Waals surface area contributed by atoms with Crippen LogP contribution in [0, 0.1) is 0 Å². The molecule has 0 amide bonds. The Kier molecular flexibility index (Phi) is 2.92. The van der Waals surface area contributed by atoms with Crippen LogP contribution < -0.4 is 0 Å². The van der Waals surface area contributed by atoms with Crippen molar-refractivity contribution in [3.05, 3.63) is 22.6 Å². The summed E-state index contributed by atoms with van der Waals surface area (Å²) in [7, 11) is 0. The molecule has 0 aliphatic carbocycles. The Labute approximate surface area is 78.5 Å². The van der Waals surface area contributed by atoms with Crippen LogP contribution in [0.5, 0.6) is 0 Å². The average molecular weight is 233 g/mol. The molecule has 1 atom stereocenters. The van der Waals surface area contributed by atoms with Gasteiger partial charge in [0.15, 0.2) is 0 Å². The molecule has 1 unspecified atom stereocenters. The van der Waals surface area contributed by atoms with Crippen molar-refractivity contribution in [1.82, 2.24) is 0 Å². The van der Waals surface area contributed by atoms with Crippen molar-refractivity contribution in [2.45, 2.75) is 19.3 Å². The number of carbonyl (C=O) groups is 1. The number of hydrogen-bond donors (Lipinski definition) is 1. The fourth-order valence-electron chi connectivity index (χ4n) is 1.01. The predicted molar refractivity (Wildman–Crippen MR) is 47.1 cm³/mol. The van der Waals surface area contributed by atoms with E-state index in [1.165, 1.54) is 6.26 Å². The lowest BCUT2D eigenvalue weighted by Gasteiger charge is -2.04. The highest BCUT2D eigenvalue weighted by Gasteiger charge is 2.15. The number of hydrogen-bond acceptors (Lipinski definition) is 2. The first kappa shape index (κ1) is 9.32. The van der Waals surface area contributed by atoms with Gasteiger partial charge in [-0.15, -0.1) is 0 Å². The van der Waals surface area contributed by atoms with E-state index in [0.29, 0.717) is 5.76 Å². The van der Waals surface area contributed by atoms with E-state index in [1.54, 1.807) is 6.07 Å². The lowest BCUT2D eigenvalue weighted by molar-refractivity contribution is -0.137. The van der Waals surface area contributed by atoms with Crippen molar-refractivity contribution in [3.63, 3.8) is 0 Å². The molecule has 0 saturated carbocycles. The van der Waals surface area contributed by atoms with Gasteiger partial charge in [-0.25, -0.2) is 0 Å². The molecule has 66 valence electrons. The SMILES string of the molecule is CC(CC(=O)O)c1occc1Br. The first-order chi connectivity index (χ1) is 5.61. The molecule has 4 heteroatoms. The second kappa shape index (κ2) is 3.76. The number of aliphatic carboxylic acids is 1. The zero-order chi connectivity index (χ0) is 9.14. The third-order valence-electron chi connectivity index (χ3n) is 1.57. The van der Waals surface area contributed by atoms with E-state index in [2.05, 4.69) is 15.9 Å². The minimum Gasteiger partial charge on any atom is -0.481 e. The molecule has 1 N–H and O–H groups in total. The van der Waals surface area contributed by atoms with Crippen molar-refractivity contribution >= 4 is 21.9 Å². The van der Waals surface area contributed by atoms with E-state index < -0.39 is 5.97 Å². The van der Waals surface area contributed by atoms with E-state index in [9.17, 15) is 4.79 Å². The van der Waals surface area contributed by atoms with Gasteiger partial charge in [-0.2, -0.15) is 0 Å². The van der Waals surface area contributed by atoms with E-state index in [0.717, 1.165) is 4.47 Å². The highest BCUT2D eigenvalue weighted by molar-refractivity contribution is 9.10. The third kappa shape index (κ3) is 2.11. The molecule has 1 aromatic rings. The van der Waals surface area contributed by atoms with Crippen molar-refractivity contribution in [3.8, 4) is 0 Å². The zero-order valence-electron chi connectivity index (χ0n) is 6.58. The molecule has 0 spiro atoms. The number of furan rings is 1. The number of carboxylic acid groups (broad SMARTS) is 1. The molecule has 1 rings (SSSR count). The molecule has 0 radical (unpaired) electrons. The third-order valence-corrected chi connectivity index (χ3v) is 2.23. The summed E-state index contributed by atoms with van der Waals surface area (Å²) in [6.45, 7) is 1.82. The monoisotopic (exact) mass is 232 g/mol. The van der Waals surface area contributed by atoms with Crippen LogP contribution in [0.25, 0.3) is 0 Å². The van der Waals surface area contributed by atoms with Gasteiger partial charge in [0.05, 0.1) is 17.2 Å². The molecule has 0 aliphatic rings. The van der Waals surface area contributed by atoms with Gasteiger partial charge in [0, 0.05) is 5.92 Å². The van der Waals surface area contributed by atoms with Crippen molar-refractivity contribution in [2.75, 3.05) is 0 Å². The lowest BCUT2D eigenvalue weighted by atomic mass is 10.1. The second-order valence-corrected chi connectivity index (χ2v) is 3.49. The Morgan fingerprint density at radius 3 is 2.92 bits per heavy atom. The van der Waals surface area contributed by atoms with Gasteiger partial charge in [-0.3, -0.25) is 4.79 Å². The number of halogens is 1. The van der Waals surface area contributed by atoms with Crippen LogP contribution in [-0.2, 0) is 4.79 Å². The van der Waals surface area contributed by atoms with Gasteiger partial charge in [0.25, 0.3) is 0 Å². The van der Waals surface area contributed by atoms with Crippen LogP contribution in [0.4, 0.5) is 0 Å². The summed E-state index contributed by atoms with van der Waals surface area (Å²) in [6.07, 6.45) is 1.63. The van der Waals surface area contributed by atoms with E-state index in [1.807, 2.05) is 6.92 Å². The van der Waals surface area contributed by atoms with Crippen LogP contribution in [0.1, 0.15) is 25.0 Å². The fourth-order valence-corrected chi connectivity index (χ4v) is 1.60. The summed E-state index contributed by atoms with van der Waals surface area (Å²) >= 11 is 3.27. The first-order valence-corrected chi connectivity index (χ1v) is 4.35. The minimum atomic E-state index is -0.814. The van der Waals surface area contributed by atoms with E-state index in [4.69, 9.17) is 9.52 Å². The Morgan fingerprint density at radius 1 is 1.83 bits per heavy atom. The topological polar surface area (TPSA) is 50.4 Å². The predicted octanol–water partition coefficient (Wildman–Crippen LogP) is 2.62. The Balaban J connectivity index is 2.71. The summed E-state index contributed by atoms with van der Waals surface area (Å²) in [5.41, 5.74) is 0. The highest BCUT2D eigenvalue weighted by Crippen LogP contribution is 2.27. The molecule has 12 heavy (non-hydrogen) atoms. The minimum absolute atomic E-state index is 0.0894. The van der Waals surface area contributed by atoms with Gasteiger partial charge in [-0.05, 0) is 22.0 Å². The average Bonchev–Trinajstić information content (AvgIpc) is 2.33. The van der Waals surface area contributed by atoms with Gasteiger partial charge in [-0.1, -0.05) is 6.92 Å². The smallest absolute Gasteiger partial charge is 0.304 e. The first-order valence-electron chi connectivity index (χ1n) is 3.56. The normalized spacial score (nSPS) is 12.8. The molecule has 0 bridgehead atoms. The maximum absolute atomic E-state index is 10.4. The van der Waals surface area contributed by atoms with Crippen LogP contribution >= 0.6 is 15.9 Å². The van der Waals surface area contributed by atoms with Crippen LogP contribution in [0.15, 0.2) is 21.2 Å². The Hall–Kier alpha value is -0.770. The van der Waals surface area contributed by atoms with Crippen molar-refractivity contribution < 1.29 is 14.3 Å². The Bertz CT molecular complexity index is 280. The summed E-state index contributed by atoms with van der Waals surface area (Å²) in [6, 6.07) is 1.76. The molecule has 1 aromatic heterocycles. The van der Waals surface area contributed by atoms with Crippen LogP contribution in [0.2, 0.25) is 0 Å². The quantitative estimate of drug-likeness (QED) is 0.872. The number of carboxylic acids is 1. The molecule has 0 aromatic carbocycles. The molecule has 0 fully saturated rings. The van der Waals surface area contributed by atoms with Crippen LogP contribution in [0.3, 0.4) is 0 Å². The molecule has 1 heterocycles. The highest BCUT2D eigenvalue weighted by atomic mass is 79.9. The second-order valence-electron chi connectivity index (χ2n) is 2.63. The van der Waals surface area contributed by atoms with Gasteiger partial charge >= 0.3 is 5.97 Å². The summed E-state index contributed by atoms with van der Waals surface area (Å²) in [5.74, 6) is -0.213. The van der Waals surface area contributed by atoms with E-state index >= 15 is 0 Å². The maximum atomic E-state index is 10.4. The molecular formula is C8H9BrO3. The van der Waals surface area contributed by atoms with Crippen LogP contribution in [-0.4, -0.2) is 11.1 Å². The number of rotatable bonds is 3. The van der Waals surface area contributed by atoms with Crippen molar-refractivity contribution in [2.24, 2.45) is 0 Å². The summed E-state index contributed by atoms with van der Waals surface area (Å²) in [4.78, 5) is 10.4. The summed E-state index contributed by atoms with van der Waals surface area (Å²) < 4.78 is 5.95. The summed E-state index contributed by atoms with van der Waals surface area (Å²) in [5, 5.41) is 8.52. The van der Waals surface area contributed by atoms with Gasteiger partial charge < -0.3 is 9.52 Å². The maximum Gasteiger partial charge on any atom is 0.304 e. The fraction of sp³-hybridized carbons (Fsp3) is 0.375. The Morgan fingerprint density at radius 2 is 2.50 bits per heavy atom. The van der Waals surface area contributed by atoms with Gasteiger partial charge in [0.2, 0.25) is 0 Å². The standard InChI is InChI=1S/C8H9BrO3/c1-5(4-7(10)11)8-6(9)2-3-12-8/h2-3,5H,4H2,1H3,(H,10,11). The molecule has 3 nitrogen and oxygen atoms in total. The molecule has 0 saturated heterocycles. The molecular weight excluding hydrogens is 224 g/mol.